The van der Waals surface area contributed by atoms with Gasteiger partial charge in [-0.15, -0.1) is 0 Å². The number of rotatable bonds is 7. The third-order valence-corrected chi connectivity index (χ3v) is 4.99. The van der Waals surface area contributed by atoms with Crippen LogP contribution < -0.4 is 31.6 Å². The molecule has 0 bridgehead atoms. The molecule has 1 atom stereocenters. The molecule has 0 spiro atoms. The van der Waals surface area contributed by atoms with Crippen molar-refractivity contribution in [2.45, 2.75) is 19.9 Å². The molecular formula is C21H21ClN8O4. The maximum Gasteiger partial charge on any atom is 0.344 e. The van der Waals surface area contributed by atoms with Gasteiger partial charge in [0, 0.05) is 17.2 Å². The van der Waals surface area contributed by atoms with E-state index in [1.807, 2.05) is 6.07 Å². The number of hydrogen-bond donors (Lipinski definition) is 4. The van der Waals surface area contributed by atoms with Crippen LogP contribution in [0.5, 0.6) is 11.5 Å². The number of carbonyl (C=O) groups excluding carboxylic acids is 1. The van der Waals surface area contributed by atoms with Crippen molar-refractivity contribution in [1.29, 1.82) is 10.5 Å². The Bertz CT molecular complexity index is 1230. The zero-order chi connectivity index (χ0) is 24.8. The van der Waals surface area contributed by atoms with Crippen LogP contribution in [0.15, 0.2) is 17.1 Å². The topological polar surface area (TPSA) is 194 Å². The van der Waals surface area contributed by atoms with Crippen molar-refractivity contribution in [1.82, 2.24) is 10.3 Å². The lowest BCUT2D eigenvalue weighted by Crippen LogP contribution is -2.32. The maximum absolute atomic E-state index is 11.7. The maximum atomic E-state index is 11.7. The van der Waals surface area contributed by atoms with Crippen molar-refractivity contribution in [2.24, 2.45) is 4.99 Å². The Labute approximate surface area is 200 Å². The van der Waals surface area contributed by atoms with Gasteiger partial charge in [0.2, 0.25) is 5.96 Å². The Balaban J connectivity index is 2.14. The van der Waals surface area contributed by atoms with Crippen LogP contribution in [0.1, 0.15) is 36.6 Å². The number of aromatic nitrogens is 1. The summed E-state index contributed by atoms with van der Waals surface area (Å²) >= 11 is 6.58. The number of aliphatic imine (C=N–C) groups is 1. The summed E-state index contributed by atoms with van der Waals surface area (Å²) in [6, 6.07) is 4.12. The van der Waals surface area contributed by atoms with E-state index in [1.165, 1.54) is 6.07 Å². The number of esters is 1. The quantitative estimate of drug-likeness (QED) is 0.255. The number of guanidine groups is 1. The van der Waals surface area contributed by atoms with Gasteiger partial charge in [-0.2, -0.15) is 10.5 Å². The lowest BCUT2D eigenvalue weighted by atomic mass is 9.94. The molecule has 1 unspecified atom stereocenters. The van der Waals surface area contributed by atoms with Crippen molar-refractivity contribution in [3.8, 4) is 23.8 Å². The van der Waals surface area contributed by atoms with Crippen LogP contribution in [0.4, 0.5) is 17.3 Å². The van der Waals surface area contributed by atoms with Crippen LogP contribution in [0, 0.1) is 22.8 Å². The van der Waals surface area contributed by atoms with Gasteiger partial charge in [0.15, 0.2) is 24.3 Å². The molecule has 34 heavy (non-hydrogen) atoms. The molecule has 1 aliphatic heterocycles. The average molecular weight is 485 g/mol. The third-order valence-electron chi connectivity index (χ3n) is 4.67. The van der Waals surface area contributed by atoms with Crippen LogP contribution in [0.3, 0.4) is 0 Å². The van der Waals surface area contributed by atoms with Crippen LogP contribution in [0.2, 0.25) is 5.02 Å². The standard InChI is InChI=1S/C21H21ClN8O4/c1-3-32-13-5-10(12(22)6-14(13)34-8-15(31)33-4-2)18-16-17(25)11(7-23)19(26)29-20(16)30-21(28-18)27-9-24/h5-6,18H,3-4,8H2,1-2H3,(H6,25,26,27,28,29,30). The van der Waals surface area contributed by atoms with Crippen molar-refractivity contribution in [2.75, 3.05) is 36.6 Å². The number of pyridine rings is 1. The predicted octanol–water partition coefficient (Wildman–Crippen LogP) is 2.05. The zero-order valence-electron chi connectivity index (χ0n) is 18.3. The van der Waals surface area contributed by atoms with E-state index < -0.39 is 12.0 Å². The highest BCUT2D eigenvalue weighted by Crippen LogP contribution is 2.45. The minimum Gasteiger partial charge on any atom is -0.490 e. The Hall–Kier alpha value is -4.42. The molecule has 0 aliphatic carbocycles. The fraction of sp³-hybridized carbons (Fsp3) is 0.286. The molecule has 13 heteroatoms. The first-order valence-electron chi connectivity index (χ1n) is 10.1. The first-order valence-corrected chi connectivity index (χ1v) is 10.5. The van der Waals surface area contributed by atoms with Gasteiger partial charge in [-0.05, 0) is 19.9 Å². The highest BCUT2D eigenvalue weighted by atomic mass is 35.5. The molecule has 0 saturated carbocycles. The summed E-state index contributed by atoms with van der Waals surface area (Å²) in [6.07, 6.45) is 1.78. The van der Waals surface area contributed by atoms with Crippen LogP contribution in [-0.2, 0) is 9.53 Å². The number of nitrogens with one attached hydrogen (secondary N) is 2. The Kier molecular flexibility index (Phi) is 7.46. The van der Waals surface area contributed by atoms with E-state index in [0.29, 0.717) is 23.5 Å². The predicted molar refractivity (Wildman–Crippen MR) is 124 cm³/mol. The largest absolute Gasteiger partial charge is 0.490 e. The summed E-state index contributed by atoms with van der Waals surface area (Å²) in [5.74, 6) is 0.176. The van der Waals surface area contributed by atoms with Crippen LogP contribution >= 0.6 is 11.6 Å². The molecule has 1 aromatic carbocycles. The van der Waals surface area contributed by atoms with Gasteiger partial charge in [-0.1, -0.05) is 11.6 Å². The summed E-state index contributed by atoms with van der Waals surface area (Å²) in [6.45, 7) is 3.64. The normalized spacial score (nSPS) is 13.9. The van der Waals surface area contributed by atoms with E-state index in [9.17, 15) is 10.1 Å². The Morgan fingerprint density at radius 3 is 2.62 bits per heavy atom. The summed E-state index contributed by atoms with van der Waals surface area (Å²) in [5.41, 5.74) is 13.0. The second-order valence-electron chi connectivity index (χ2n) is 6.75. The Morgan fingerprint density at radius 1 is 1.24 bits per heavy atom. The fourth-order valence-electron chi connectivity index (χ4n) is 3.29. The van der Waals surface area contributed by atoms with E-state index in [1.54, 1.807) is 26.1 Å². The number of nitrogen functional groups attached to an aromatic ring is 2. The molecule has 3 rings (SSSR count). The number of nitrogens with two attached hydrogens (primary N) is 2. The molecule has 0 saturated heterocycles. The summed E-state index contributed by atoms with van der Waals surface area (Å²) < 4.78 is 16.1. The number of anilines is 3. The third kappa shape index (κ3) is 4.82. The van der Waals surface area contributed by atoms with Gasteiger partial charge < -0.3 is 31.0 Å². The van der Waals surface area contributed by atoms with E-state index in [2.05, 4.69) is 20.6 Å². The Morgan fingerprint density at radius 2 is 1.97 bits per heavy atom. The molecular weight excluding hydrogens is 464 g/mol. The van der Waals surface area contributed by atoms with E-state index in [-0.39, 0.29) is 52.8 Å². The van der Waals surface area contributed by atoms with Crippen LogP contribution in [0.25, 0.3) is 0 Å². The average Bonchev–Trinajstić information content (AvgIpc) is 2.79. The fourth-order valence-corrected chi connectivity index (χ4v) is 3.54. The molecule has 1 aromatic heterocycles. The van der Waals surface area contributed by atoms with Crippen LogP contribution in [-0.4, -0.2) is 36.7 Å². The van der Waals surface area contributed by atoms with E-state index in [0.717, 1.165) is 0 Å². The molecule has 12 nitrogen and oxygen atoms in total. The first-order chi connectivity index (χ1) is 16.3. The zero-order valence-corrected chi connectivity index (χ0v) is 19.1. The lowest BCUT2D eigenvalue weighted by Gasteiger charge is -2.27. The number of carbonyl (C=O) groups is 1. The van der Waals surface area contributed by atoms with Crippen molar-refractivity contribution in [3.63, 3.8) is 0 Å². The molecule has 0 fully saturated rings. The number of nitrogens with zero attached hydrogens (tertiary/aromatic N) is 4. The van der Waals surface area contributed by atoms with Gasteiger partial charge in [0.25, 0.3) is 0 Å². The van der Waals surface area contributed by atoms with Gasteiger partial charge in [0.05, 0.1) is 23.9 Å². The van der Waals surface area contributed by atoms with E-state index in [4.69, 9.17) is 42.5 Å². The number of hydrogen-bond acceptors (Lipinski definition) is 12. The minimum atomic E-state index is -0.877. The van der Waals surface area contributed by atoms with E-state index >= 15 is 0 Å². The summed E-state index contributed by atoms with van der Waals surface area (Å²) in [7, 11) is 0. The monoisotopic (exact) mass is 484 g/mol. The molecule has 0 amide bonds. The number of nitriles is 2. The molecule has 6 N–H and O–H groups in total. The smallest absolute Gasteiger partial charge is 0.344 e. The molecule has 176 valence electrons. The van der Waals surface area contributed by atoms with Crippen molar-refractivity contribution < 1.29 is 19.0 Å². The van der Waals surface area contributed by atoms with Crippen molar-refractivity contribution >= 4 is 40.9 Å². The molecule has 2 aromatic rings. The number of ether oxygens (including phenoxy) is 3. The highest BCUT2D eigenvalue weighted by Gasteiger charge is 2.32. The first kappa shape index (κ1) is 24.2. The number of fused-ring (bicyclic) bond motifs is 1. The summed E-state index contributed by atoms with van der Waals surface area (Å²) in [5, 5.41) is 24.0. The minimum absolute atomic E-state index is 0.00649. The molecule has 1 aliphatic rings. The SMILES string of the molecule is CCOC(=O)COc1cc(Cl)c(C2N=C(NC#N)Nc3nc(N)c(C#N)c(N)c32)cc1OCC. The number of benzene rings is 1. The summed E-state index contributed by atoms with van der Waals surface area (Å²) in [4.78, 5) is 20.4. The second kappa shape index (κ2) is 10.5. The van der Waals surface area contributed by atoms with Gasteiger partial charge in [0.1, 0.15) is 29.3 Å². The second-order valence-corrected chi connectivity index (χ2v) is 7.16. The highest BCUT2D eigenvalue weighted by molar-refractivity contribution is 6.31. The van der Waals surface area contributed by atoms with Crippen molar-refractivity contribution in [3.05, 3.63) is 33.8 Å². The van der Waals surface area contributed by atoms with Gasteiger partial charge >= 0.3 is 5.97 Å². The van der Waals surface area contributed by atoms with Gasteiger partial charge in [-0.25, -0.2) is 14.8 Å². The lowest BCUT2D eigenvalue weighted by molar-refractivity contribution is -0.145. The number of halogens is 1. The molecule has 2 heterocycles. The van der Waals surface area contributed by atoms with Gasteiger partial charge in [-0.3, -0.25) is 5.32 Å². The molecule has 0 radical (unpaired) electrons.